The number of aromatic nitrogens is 2. The molecule has 0 bridgehead atoms. The van der Waals surface area contributed by atoms with Crippen molar-refractivity contribution in [1.82, 2.24) is 19.3 Å². The van der Waals surface area contributed by atoms with Crippen molar-refractivity contribution in [2.24, 2.45) is 10.7 Å². The largest absolute Gasteiger partial charge is 0.507 e. The summed E-state index contributed by atoms with van der Waals surface area (Å²) >= 11 is 0. The Morgan fingerprint density at radius 2 is 1.70 bits per heavy atom. The Bertz CT molecular complexity index is 1670. The highest BCUT2D eigenvalue weighted by atomic mass is 32.2. The molecule has 2 aliphatic rings. The summed E-state index contributed by atoms with van der Waals surface area (Å²) in [5.74, 6) is -0.814. The molecule has 0 aliphatic carbocycles. The van der Waals surface area contributed by atoms with Crippen LogP contribution >= 0.6 is 0 Å². The highest BCUT2D eigenvalue weighted by Crippen LogP contribution is 2.40. The van der Waals surface area contributed by atoms with Gasteiger partial charge in [0.1, 0.15) is 29.8 Å². The maximum atomic E-state index is 12.5. The average Bonchev–Trinajstić information content (AvgIpc) is 3.58. The molecule has 16 nitrogen and oxygen atoms in total. The molecule has 1 aromatic heterocycles. The Hall–Kier alpha value is -4.10. The summed E-state index contributed by atoms with van der Waals surface area (Å²) in [6.45, 7) is 7.63. The number of rotatable bonds is 11. The molecule has 3 heterocycles. The molecule has 1 amide bonds. The van der Waals surface area contributed by atoms with Gasteiger partial charge >= 0.3 is 10.3 Å². The van der Waals surface area contributed by atoms with Crippen molar-refractivity contribution in [1.29, 1.82) is 0 Å². The van der Waals surface area contributed by atoms with E-state index >= 15 is 0 Å². The number of carbonyl (C=O) groups excluding carboxylic acids is 1. The Morgan fingerprint density at radius 1 is 1.04 bits per heavy atom. The molecule has 2 aromatic carbocycles. The van der Waals surface area contributed by atoms with Crippen molar-refractivity contribution in [3.05, 3.63) is 72.2 Å². The van der Waals surface area contributed by atoms with Crippen LogP contribution in [0.25, 0.3) is 0 Å². The average molecular weight is 660 g/mol. The zero-order chi connectivity index (χ0) is 33.2. The zero-order valence-corrected chi connectivity index (χ0v) is 26.4. The number of hydrogen-bond donors (Lipinski definition) is 6. The number of phenols is 1. The van der Waals surface area contributed by atoms with Gasteiger partial charge in [0.2, 0.25) is 0 Å². The van der Waals surface area contributed by atoms with Crippen molar-refractivity contribution < 1.29 is 42.0 Å². The van der Waals surface area contributed by atoms with Crippen molar-refractivity contribution in [3.63, 3.8) is 0 Å². The molecule has 46 heavy (non-hydrogen) atoms. The van der Waals surface area contributed by atoms with Gasteiger partial charge in [0, 0.05) is 5.69 Å². The monoisotopic (exact) mass is 659 g/mol. The standard InChI is InChI=1S/C29H38N8O8S/c1-4-37(5-2,6-3)36-25(30)22-26(33-29(36)32-18-12-8-7-9-13-18)35(17-31-22)28-24(40)23(39)21(45-28)16-44-46(42,43)34-27(41)19-14-10-11-15-20(19)38/h7-15,17,21,23-25,28,39-40H,4-6,16,30H2,1-3H3,(H2-,32,33,34,38,41)/p+1/t21-,23?,24?,25?,28-/m1/s1. The fourth-order valence-corrected chi connectivity index (χ4v) is 6.43. The number of nitrogens with two attached hydrogens (primary N) is 1. The number of anilines is 1. The van der Waals surface area contributed by atoms with E-state index in [1.54, 1.807) is 4.72 Å². The quantitative estimate of drug-likeness (QED) is 0.160. The van der Waals surface area contributed by atoms with E-state index in [0.29, 0.717) is 16.2 Å². The van der Waals surface area contributed by atoms with Crippen LogP contribution in [0, 0.1) is 0 Å². The minimum Gasteiger partial charge on any atom is -0.507 e. The number of benzene rings is 2. The van der Waals surface area contributed by atoms with E-state index in [0.717, 1.165) is 25.3 Å². The minimum absolute atomic E-state index is 0.279. The molecule has 248 valence electrons. The number of fused-ring (bicyclic) bond motifs is 1. The van der Waals surface area contributed by atoms with Crippen LogP contribution in [0.4, 0.5) is 11.5 Å². The van der Waals surface area contributed by atoms with Gasteiger partial charge in [0.15, 0.2) is 18.2 Å². The molecule has 2 aliphatic heterocycles. The summed E-state index contributed by atoms with van der Waals surface area (Å²) < 4.78 is 39.4. The number of aliphatic hydroxyl groups excluding tert-OH is 2. The molecular weight excluding hydrogens is 620 g/mol. The van der Waals surface area contributed by atoms with Crippen LogP contribution in [0.3, 0.4) is 0 Å². The van der Waals surface area contributed by atoms with Gasteiger partial charge < -0.3 is 31.1 Å². The van der Waals surface area contributed by atoms with E-state index in [2.05, 4.69) is 31.1 Å². The molecule has 5 atom stereocenters. The Labute approximate surface area is 266 Å². The van der Waals surface area contributed by atoms with Crippen LogP contribution < -0.4 is 15.8 Å². The molecule has 1 fully saturated rings. The normalized spacial score (nSPS) is 23.1. The number of hydrogen-bond acceptors (Lipinski definition) is 13. The third-order valence-corrected chi connectivity index (χ3v) is 9.27. The van der Waals surface area contributed by atoms with E-state index in [1.165, 1.54) is 35.2 Å². The van der Waals surface area contributed by atoms with Gasteiger partial charge in [0.05, 0.1) is 38.1 Å². The van der Waals surface area contributed by atoms with E-state index in [-0.39, 0.29) is 11.4 Å². The number of para-hydroxylation sites is 2. The third-order valence-electron chi connectivity index (χ3n) is 8.39. The summed E-state index contributed by atoms with van der Waals surface area (Å²) in [6, 6.07) is 14.8. The number of aromatic hydroxyl groups is 1. The Balaban J connectivity index is 1.38. The van der Waals surface area contributed by atoms with Crippen molar-refractivity contribution in [2.45, 2.75) is 51.5 Å². The van der Waals surface area contributed by atoms with Gasteiger partial charge in [-0.2, -0.15) is 18.4 Å². The summed E-state index contributed by atoms with van der Waals surface area (Å²) in [6.07, 6.45) is -5.02. The van der Waals surface area contributed by atoms with E-state index in [4.69, 9.17) is 19.6 Å². The van der Waals surface area contributed by atoms with Gasteiger partial charge in [-0.25, -0.2) is 14.3 Å². The molecule has 7 N–H and O–H groups in total. The maximum Gasteiger partial charge on any atom is 0.362 e. The lowest BCUT2D eigenvalue weighted by Gasteiger charge is -2.48. The topological polar surface area (TPSA) is 214 Å². The first-order valence-corrected chi connectivity index (χ1v) is 16.3. The number of ether oxygens (including phenoxy) is 1. The fraction of sp³-hybridized carbons (Fsp3) is 0.414. The summed E-state index contributed by atoms with van der Waals surface area (Å²) in [5, 5.41) is 36.9. The van der Waals surface area contributed by atoms with Crippen LogP contribution in [0.2, 0.25) is 0 Å². The number of carbonyl (C=O) groups is 1. The van der Waals surface area contributed by atoms with Crippen molar-refractivity contribution in [3.8, 4) is 5.75 Å². The summed E-state index contributed by atoms with van der Waals surface area (Å²) in [4.78, 5) is 21.8. The second-order valence-corrected chi connectivity index (χ2v) is 12.2. The number of aliphatic hydroxyl groups is 2. The Morgan fingerprint density at radius 3 is 2.35 bits per heavy atom. The van der Waals surface area contributed by atoms with Gasteiger partial charge in [0.25, 0.3) is 11.9 Å². The predicted molar refractivity (Wildman–Crippen MR) is 166 cm³/mol. The first-order chi connectivity index (χ1) is 21.9. The van der Waals surface area contributed by atoms with E-state index < -0.39 is 59.3 Å². The number of imidazole rings is 1. The van der Waals surface area contributed by atoms with Gasteiger partial charge in [-0.05, 0) is 45.0 Å². The number of phenolic OH excluding ortho intramolecular Hbond substituents is 1. The second-order valence-electron chi connectivity index (χ2n) is 10.9. The molecule has 1 saturated heterocycles. The van der Waals surface area contributed by atoms with Crippen molar-refractivity contribution >= 4 is 33.7 Å². The molecule has 0 spiro atoms. The van der Waals surface area contributed by atoms with E-state index in [9.17, 15) is 28.5 Å². The van der Waals surface area contributed by atoms with Gasteiger partial charge in [-0.1, -0.05) is 30.3 Å². The summed E-state index contributed by atoms with van der Waals surface area (Å²) in [5.41, 5.74) is 7.77. The maximum absolute atomic E-state index is 12.5. The SMILES string of the molecule is CC[N+](CC)(CC)N1C(Nc2ccccc2)=Nc2c(ncn2[C@@H]2O[C@H](COS(=O)(=O)NC(=O)c3ccccc3O)C(O)C2O)C1N. The number of quaternary nitrogens is 1. The predicted octanol–water partition coefficient (Wildman–Crippen LogP) is 1.06. The first kappa shape index (κ1) is 33.3. The molecular formula is C29H39N8O8S+. The molecule has 0 radical (unpaired) electrons. The number of nitrogens with one attached hydrogen (secondary N) is 2. The first-order valence-electron chi connectivity index (χ1n) is 14.8. The van der Waals surface area contributed by atoms with Gasteiger partial charge in [-0.15, -0.1) is 0 Å². The summed E-state index contributed by atoms with van der Waals surface area (Å²) in [7, 11) is -4.69. The lowest BCUT2D eigenvalue weighted by Crippen LogP contribution is -2.66. The van der Waals surface area contributed by atoms with Crippen LogP contribution in [-0.2, 0) is 19.2 Å². The molecule has 3 aromatic rings. The molecule has 0 saturated carbocycles. The third kappa shape index (κ3) is 6.30. The van der Waals surface area contributed by atoms with Gasteiger partial charge in [-0.3, -0.25) is 13.5 Å². The number of aliphatic imine (C=N–C) groups is 1. The van der Waals surface area contributed by atoms with Crippen LogP contribution in [0.5, 0.6) is 5.75 Å². The highest BCUT2D eigenvalue weighted by molar-refractivity contribution is 7.85. The number of guanidine groups is 1. The number of nitrogens with zero attached hydrogens (tertiary/aromatic N) is 5. The van der Waals surface area contributed by atoms with Crippen LogP contribution in [-0.4, -0.2) is 99.3 Å². The number of amides is 1. The minimum atomic E-state index is -4.69. The zero-order valence-electron chi connectivity index (χ0n) is 25.6. The van der Waals surface area contributed by atoms with E-state index in [1.807, 2.05) is 35.3 Å². The lowest BCUT2D eigenvalue weighted by atomic mass is 10.1. The fourth-order valence-electron chi connectivity index (χ4n) is 5.72. The second kappa shape index (κ2) is 13.3. The lowest BCUT2D eigenvalue weighted by molar-refractivity contribution is -1.02. The van der Waals surface area contributed by atoms with Crippen LogP contribution in [0.15, 0.2) is 65.9 Å². The molecule has 3 unspecified atom stereocenters. The smallest absolute Gasteiger partial charge is 0.362 e. The van der Waals surface area contributed by atoms with Crippen LogP contribution in [0.1, 0.15) is 49.2 Å². The molecule has 5 rings (SSSR count). The molecule has 17 heteroatoms. The highest BCUT2D eigenvalue weighted by Gasteiger charge is 2.48. The Kier molecular flexibility index (Phi) is 9.64. The van der Waals surface area contributed by atoms with Crippen molar-refractivity contribution in [2.75, 3.05) is 31.6 Å².